The van der Waals surface area contributed by atoms with E-state index >= 15 is 0 Å². The summed E-state index contributed by atoms with van der Waals surface area (Å²) in [5.74, 6) is 1.57. The number of rotatable bonds is 3. The molecule has 0 bridgehead atoms. The fourth-order valence-corrected chi connectivity index (χ4v) is 4.44. The van der Waals surface area contributed by atoms with Crippen molar-refractivity contribution in [1.29, 1.82) is 0 Å². The molecule has 0 saturated carbocycles. The summed E-state index contributed by atoms with van der Waals surface area (Å²) in [6, 6.07) is 18.3. The number of hydrogen-bond donors (Lipinski definition) is 0. The van der Waals surface area contributed by atoms with E-state index in [0.29, 0.717) is 42.4 Å². The predicted octanol–water partition coefficient (Wildman–Crippen LogP) is 4.93. The Morgan fingerprint density at radius 3 is 2.45 bits per heavy atom. The highest BCUT2D eigenvalue weighted by Gasteiger charge is 2.14. The molecular formula is C21H11Cl2N3O2S. The molecule has 142 valence electrons. The standard InChI is InChI=1S/C21H11Cl2N3O2S/c22-14-7-4-8-15(23)18(14)16-10-9-13(28-16)11-17-20(27)26-21(29-17)24-19(25-26)12-5-2-1-3-6-12/h1-11H. The number of furan rings is 1. The zero-order chi connectivity index (χ0) is 20.0. The number of halogens is 2. The molecule has 0 aliphatic rings. The van der Waals surface area contributed by atoms with Crippen LogP contribution in [-0.4, -0.2) is 14.6 Å². The van der Waals surface area contributed by atoms with Crippen LogP contribution in [0.15, 0.2) is 69.9 Å². The zero-order valence-corrected chi connectivity index (χ0v) is 17.0. The van der Waals surface area contributed by atoms with E-state index in [2.05, 4.69) is 10.1 Å². The molecule has 5 rings (SSSR count). The van der Waals surface area contributed by atoms with Crippen molar-refractivity contribution in [2.75, 3.05) is 0 Å². The fraction of sp³-hybridized carbons (Fsp3) is 0. The van der Waals surface area contributed by atoms with Gasteiger partial charge in [0.15, 0.2) is 5.82 Å². The van der Waals surface area contributed by atoms with Crippen LogP contribution in [-0.2, 0) is 0 Å². The monoisotopic (exact) mass is 439 g/mol. The highest BCUT2D eigenvalue weighted by Crippen LogP contribution is 2.35. The topological polar surface area (TPSA) is 60.4 Å². The van der Waals surface area contributed by atoms with E-state index < -0.39 is 0 Å². The average molecular weight is 440 g/mol. The van der Waals surface area contributed by atoms with Crippen molar-refractivity contribution in [3.05, 3.63) is 91.4 Å². The van der Waals surface area contributed by atoms with Gasteiger partial charge in [-0.05, 0) is 24.3 Å². The van der Waals surface area contributed by atoms with Crippen molar-refractivity contribution in [3.8, 4) is 22.7 Å². The van der Waals surface area contributed by atoms with Crippen molar-refractivity contribution in [1.82, 2.24) is 14.6 Å². The molecular weight excluding hydrogens is 429 g/mol. The average Bonchev–Trinajstić information content (AvgIpc) is 3.41. The van der Waals surface area contributed by atoms with Gasteiger partial charge in [-0.25, -0.2) is 0 Å². The first-order valence-corrected chi connectivity index (χ1v) is 10.2. The molecule has 3 heterocycles. The maximum Gasteiger partial charge on any atom is 0.291 e. The van der Waals surface area contributed by atoms with Gasteiger partial charge in [-0.2, -0.15) is 9.50 Å². The Morgan fingerprint density at radius 2 is 1.72 bits per heavy atom. The molecule has 0 amide bonds. The summed E-state index contributed by atoms with van der Waals surface area (Å²) in [5, 5.41) is 5.33. The lowest BCUT2D eigenvalue weighted by Gasteiger charge is -2.02. The second kappa shape index (κ2) is 7.15. The maximum atomic E-state index is 12.7. The zero-order valence-electron chi connectivity index (χ0n) is 14.7. The van der Waals surface area contributed by atoms with E-state index in [1.165, 1.54) is 15.9 Å². The van der Waals surface area contributed by atoms with Gasteiger partial charge in [-0.3, -0.25) is 4.79 Å². The van der Waals surface area contributed by atoms with Crippen molar-refractivity contribution in [2.45, 2.75) is 0 Å². The Bertz CT molecular complexity index is 1430. The third-order valence-electron chi connectivity index (χ3n) is 4.32. The summed E-state index contributed by atoms with van der Waals surface area (Å²) >= 11 is 13.7. The fourth-order valence-electron chi connectivity index (χ4n) is 2.97. The SMILES string of the molecule is O=c1c(=Cc2ccc(-c3c(Cl)cccc3Cl)o2)sc2nc(-c3ccccc3)nn12. The van der Waals surface area contributed by atoms with Crippen LogP contribution in [0.25, 0.3) is 33.7 Å². The van der Waals surface area contributed by atoms with E-state index in [9.17, 15) is 4.79 Å². The molecule has 0 N–H and O–H groups in total. The van der Waals surface area contributed by atoms with Crippen LogP contribution in [0.4, 0.5) is 0 Å². The van der Waals surface area contributed by atoms with Crippen LogP contribution in [0.2, 0.25) is 10.0 Å². The van der Waals surface area contributed by atoms with Crippen LogP contribution >= 0.6 is 34.5 Å². The van der Waals surface area contributed by atoms with Crippen molar-refractivity contribution in [3.63, 3.8) is 0 Å². The summed E-state index contributed by atoms with van der Waals surface area (Å²) < 4.78 is 7.64. The number of fused-ring (bicyclic) bond motifs is 1. The summed E-state index contributed by atoms with van der Waals surface area (Å²) in [4.78, 5) is 17.7. The lowest BCUT2D eigenvalue weighted by molar-refractivity contribution is 0.571. The second-order valence-electron chi connectivity index (χ2n) is 6.21. The molecule has 0 spiro atoms. The van der Waals surface area contributed by atoms with Gasteiger partial charge in [0.1, 0.15) is 16.1 Å². The van der Waals surface area contributed by atoms with Gasteiger partial charge in [0.05, 0.1) is 15.6 Å². The van der Waals surface area contributed by atoms with Crippen LogP contribution in [0.1, 0.15) is 5.76 Å². The van der Waals surface area contributed by atoms with Gasteiger partial charge < -0.3 is 4.42 Å². The number of aromatic nitrogens is 3. The first kappa shape index (κ1) is 18.1. The highest BCUT2D eigenvalue weighted by molar-refractivity contribution is 7.15. The van der Waals surface area contributed by atoms with Gasteiger partial charge in [0.25, 0.3) is 5.56 Å². The molecule has 0 radical (unpaired) electrons. The number of thiazole rings is 1. The second-order valence-corrected chi connectivity index (χ2v) is 8.03. The largest absolute Gasteiger partial charge is 0.457 e. The molecule has 8 heteroatoms. The smallest absolute Gasteiger partial charge is 0.291 e. The summed E-state index contributed by atoms with van der Waals surface area (Å²) in [5.41, 5.74) is 1.24. The van der Waals surface area contributed by atoms with Gasteiger partial charge in [0, 0.05) is 11.6 Å². The molecule has 0 atom stereocenters. The third-order valence-corrected chi connectivity index (χ3v) is 5.91. The molecule has 29 heavy (non-hydrogen) atoms. The van der Waals surface area contributed by atoms with E-state index in [4.69, 9.17) is 27.6 Å². The molecule has 0 fully saturated rings. The normalized spacial score (nSPS) is 12.1. The first-order valence-electron chi connectivity index (χ1n) is 8.61. The summed E-state index contributed by atoms with van der Waals surface area (Å²) in [6.45, 7) is 0. The summed E-state index contributed by atoms with van der Waals surface area (Å²) in [6.07, 6.45) is 1.67. The van der Waals surface area contributed by atoms with E-state index in [1.54, 1.807) is 36.4 Å². The molecule has 5 nitrogen and oxygen atoms in total. The van der Waals surface area contributed by atoms with Crippen molar-refractivity contribution < 1.29 is 4.42 Å². The quantitative estimate of drug-likeness (QED) is 0.399. The Balaban J connectivity index is 1.55. The van der Waals surface area contributed by atoms with Crippen LogP contribution in [0, 0.1) is 0 Å². The molecule has 2 aromatic carbocycles. The molecule has 0 aliphatic carbocycles. The van der Waals surface area contributed by atoms with Gasteiger partial charge >= 0.3 is 0 Å². The minimum atomic E-state index is -0.242. The van der Waals surface area contributed by atoms with Gasteiger partial charge in [-0.1, -0.05) is 70.9 Å². The Labute approximate surface area is 178 Å². The maximum absolute atomic E-state index is 12.7. The molecule has 0 aliphatic heterocycles. The predicted molar refractivity (Wildman–Crippen MR) is 116 cm³/mol. The van der Waals surface area contributed by atoms with E-state index in [0.717, 1.165) is 5.56 Å². The van der Waals surface area contributed by atoms with Crippen molar-refractivity contribution >= 4 is 45.6 Å². The number of nitrogens with zero attached hydrogens (tertiary/aromatic N) is 3. The van der Waals surface area contributed by atoms with Gasteiger partial charge in [0.2, 0.25) is 4.96 Å². The minimum absolute atomic E-state index is 0.242. The number of hydrogen-bond acceptors (Lipinski definition) is 5. The Kier molecular flexibility index (Phi) is 4.47. The molecule has 0 unspecified atom stereocenters. The highest BCUT2D eigenvalue weighted by atomic mass is 35.5. The van der Waals surface area contributed by atoms with E-state index in [-0.39, 0.29) is 5.56 Å². The summed E-state index contributed by atoms with van der Waals surface area (Å²) in [7, 11) is 0. The first-order chi connectivity index (χ1) is 14.1. The van der Waals surface area contributed by atoms with Crippen LogP contribution in [0.3, 0.4) is 0 Å². The van der Waals surface area contributed by atoms with E-state index in [1.807, 2.05) is 30.3 Å². The van der Waals surface area contributed by atoms with Gasteiger partial charge in [-0.15, -0.1) is 5.10 Å². The molecule has 3 aromatic heterocycles. The van der Waals surface area contributed by atoms with Crippen molar-refractivity contribution in [2.24, 2.45) is 0 Å². The molecule has 0 saturated heterocycles. The number of benzene rings is 2. The Hall–Kier alpha value is -2.93. The lowest BCUT2D eigenvalue weighted by Crippen LogP contribution is -2.23. The van der Waals surface area contributed by atoms with Crippen LogP contribution in [0.5, 0.6) is 0 Å². The minimum Gasteiger partial charge on any atom is -0.457 e. The third kappa shape index (κ3) is 3.25. The van der Waals surface area contributed by atoms with Crippen LogP contribution < -0.4 is 10.1 Å². The Morgan fingerprint density at radius 1 is 0.966 bits per heavy atom. The lowest BCUT2D eigenvalue weighted by atomic mass is 10.2. The molecule has 5 aromatic rings.